The maximum absolute atomic E-state index is 11.3. The second-order valence-electron chi connectivity index (χ2n) is 3.83. The number of hydrogen-bond donors (Lipinski definition) is 2. The summed E-state index contributed by atoms with van der Waals surface area (Å²) in [6, 6.07) is 5.44. The predicted molar refractivity (Wildman–Crippen MR) is 74.8 cm³/mol. The lowest BCUT2D eigenvalue weighted by Crippen LogP contribution is -2.21. The van der Waals surface area contributed by atoms with E-state index in [1.54, 1.807) is 6.07 Å². The number of ether oxygens (including phenoxy) is 1. The molecule has 1 aromatic rings. The molecule has 0 bridgehead atoms. The highest BCUT2D eigenvalue weighted by Gasteiger charge is 2.15. The fraction of sp³-hybridized carbons (Fsp3) is 0.462. The number of benzene rings is 1. The molecule has 18 heavy (non-hydrogen) atoms. The third-order valence-corrected chi connectivity index (χ3v) is 3.27. The largest absolute Gasteiger partial charge is 0.478 e. The van der Waals surface area contributed by atoms with Crippen molar-refractivity contribution in [3.8, 4) is 0 Å². The van der Waals surface area contributed by atoms with Crippen LogP contribution in [0.15, 0.2) is 23.1 Å². The maximum Gasteiger partial charge on any atom is 0.338 e. The molecule has 1 atom stereocenters. The van der Waals surface area contributed by atoms with Crippen LogP contribution >= 0.6 is 11.8 Å². The first-order valence-corrected chi connectivity index (χ1v) is 7.08. The first kappa shape index (κ1) is 14.9. The summed E-state index contributed by atoms with van der Waals surface area (Å²) >= 11 is 1.43. The van der Waals surface area contributed by atoms with Gasteiger partial charge in [-0.05, 0) is 32.2 Å². The molecule has 5 heteroatoms. The van der Waals surface area contributed by atoms with Crippen LogP contribution in [-0.4, -0.2) is 36.6 Å². The Morgan fingerprint density at radius 3 is 2.83 bits per heavy atom. The third-order valence-electron chi connectivity index (χ3n) is 2.49. The molecule has 0 aromatic heterocycles. The van der Waals surface area contributed by atoms with Crippen molar-refractivity contribution >= 4 is 23.4 Å². The fourth-order valence-electron chi connectivity index (χ4n) is 1.67. The molecule has 100 valence electrons. The number of thioether (sulfide) groups is 1. The van der Waals surface area contributed by atoms with Gasteiger partial charge in [-0.1, -0.05) is 6.07 Å². The average molecular weight is 269 g/mol. The van der Waals surface area contributed by atoms with Gasteiger partial charge in [0, 0.05) is 23.7 Å². The molecular weight excluding hydrogens is 250 g/mol. The minimum atomic E-state index is -0.911. The SMILES string of the molecule is CCOC(C)CNc1cccc(SC)c1C(=O)O. The van der Waals surface area contributed by atoms with Gasteiger partial charge in [0.05, 0.1) is 11.7 Å². The number of rotatable bonds is 7. The summed E-state index contributed by atoms with van der Waals surface area (Å²) in [6.45, 7) is 5.13. The van der Waals surface area contributed by atoms with E-state index in [0.717, 1.165) is 4.90 Å². The smallest absolute Gasteiger partial charge is 0.338 e. The fourth-order valence-corrected chi connectivity index (χ4v) is 2.28. The van der Waals surface area contributed by atoms with E-state index >= 15 is 0 Å². The second kappa shape index (κ2) is 7.28. The van der Waals surface area contributed by atoms with Crippen molar-refractivity contribution in [3.05, 3.63) is 23.8 Å². The number of nitrogens with one attached hydrogen (secondary N) is 1. The van der Waals surface area contributed by atoms with Crippen LogP contribution in [0.1, 0.15) is 24.2 Å². The highest BCUT2D eigenvalue weighted by Crippen LogP contribution is 2.27. The van der Waals surface area contributed by atoms with Crippen molar-refractivity contribution in [1.82, 2.24) is 0 Å². The van der Waals surface area contributed by atoms with E-state index in [-0.39, 0.29) is 6.10 Å². The standard InChI is InChI=1S/C13H19NO3S/c1-4-17-9(2)8-14-10-6-5-7-11(18-3)12(10)13(15)16/h5-7,9,14H,4,8H2,1-3H3,(H,15,16). The van der Waals surface area contributed by atoms with E-state index in [2.05, 4.69) is 5.32 Å². The Labute approximate surface area is 112 Å². The molecule has 0 aliphatic carbocycles. The van der Waals surface area contributed by atoms with E-state index in [4.69, 9.17) is 4.74 Å². The van der Waals surface area contributed by atoms with Gasteiger partial charge in [0.15, 0.2) is 0 Å². The van der Waals surface area contributed by atoms with Crippen LogP contribution in [0.25, 0.3) is 0 Å². The number of carbonyl (C=O) groups is 1. The van der Waals surface area contributed by atoms with Gasteiger partial charge in [-0.15, -0.1) is 11.8 Å². The first-order chi connectivity index (χ1) is 8.60. The minimum Gasteiger partial charge on any atom is -0.478 e. The zero-order valence-electron chi connectivity index (χ0n) is 10.9. The van der Waals surface area contributed by atoms with E-state index < -0.39 is 5.97 Å². The van der Waals surface area contributed by atoms with Crippen molar-refractivity contribution in [3.63, 3.8) is 0 Å². The topological polar surface area (TPSA) is 58.6 Å². The number of carboxylic acids is 1. The average Bonchev–Trinajstić information content (AvgIpc) is 2.35. The van der Waals surface area contributed by atoms with Gasteiger partial charge >= 0.3 is 5.97 Å². The number of anilines is 1. The van der Waals surface area contributed by atoms with Crippen molar-refractivity contribution < 1.29 is 14.6 Å². The lowest BCUT2D eigenvalue weighted by atomic mass is 10.1. The van der Waals surface area contributed by atoms with E-state index in [0.29, 0.717) is 24.4 Å². The van der Waals surface area contributed by atoms with Gasteiger partial charge in [-0.25, -0.2) is 4.79 Å². The molecule has 0 amide bonds. The third kappa shape index (κ3) is 3.92. The summed E-state index contributed by atoms with van der Waals surface area (Å²) in [4.78, 5) is 12.0. The number of aromatic carboxylic acids is 1. The lowest BCUT2D eigenvalue weighted by molar-refractivity contribution is 0.0693. The first-order valence-electron chi connectivity index (χ1n) is 5.85. The highest BCUT2D eigenvalue weighted by molar-refractivity contribution is 7.98. The Balaban J connectivity index is 2.85. The van der Waals surface area contributed by atoms with Crippen molar-refractivity contribution in [2.45, 2.75) is 24.8 Å². The van der Waals surface area contributed by atoms with E-state index in [1.165, 1.54) is 11.8 Å². The Kier molecular flexibility index (Phi) is 6.01. The van der Waals surface area contributed by atoms with Crippen LogP contribution in [0.5, 0.6) is 0 Å². The minimum absolute atomic E-state index is 0.0505. The molecule has 1 aromatic carbocycles. The van der Waals surface area contributed by atoms with E-state index in [1.807, 2.05) is 32.2 Å². The van der Waals surface area contributed by atoms with Gasteiger partial charge in [0.2, 0.25) is 0 Å². The summed E-state index contributed by atoms with van der Waals surface area (Å²) in [5.74, 6) is -0.911. The molecule has 1 rings (SSSR count). The number of hydrogen-bond acceptors (Lipinski definition) is 4. The van der Waals surface area contributed by atoms with Crippen molar-refractivity contribution in [2.75, 3.05) is 24.7 Å². The molecule has 0 saturated carbocycles. The van der Waals surface area contributed by atoms with Gasteiger partial charge in [0.25, 0.3) is 0 Å². The summed E-state index contributed by atoms with van der Waals surface area (Å²) in [7, 11) is 0. The van der Waals surface area contributed by atoms with Gasteiger partial charge < -0.3 is 15.2 Å². The molecule has 2 N–H and O–H groups in total. The van der Waals surface area contributed by atoms with Crippen LogP contribution in [0.3, 0.4) is 0 Å². The zero-order chi connectivity index (χ0) is 13.5. The summed E-state index contributed by atoms with van der Waals surface area (Å²) < 4.78 is 5.41. The van der Waals surface area contributed by atoms with Crippen LogP contribution in [0.2, 0.25) is 0 Å². The normalized spacial score (nSPS) is 12.2. The van der Waals surface area contributed by atoms with Gasteiger partial charge in [-0.3, -0.25) is 0 Å². The zero-order valence-corrected chi connectivity index (χ0v) is 11.7. The van der Waals surface area contributed by atoms with Crippen LogP contribution in [0, 0.1) is 0 Å². The Hall–Kier alpha value is -1.20. The molecule has 0 spiro atoms. The lowest BCUT2D eigenvalue weighted by Gasteiger charge is -2.16. The Bertz CT molecular complexity index is 409. The Morgan fingerprint density at radius 1 is 1.56 bits per heavy atom. The predicted octanol–water partition coefficient (Wildman–Crippen LogP) is 2.94. The van der Waals surface area contributed by atoms with Crippen LogP contribution < -0.4 is 5.32 Å². The quantitative estimate of drug-likeness (QED) is 0.745. The van der Waals surface area contributed by atoms with Crippen molar-refractivity contribution in [2.24, 2.45) is 0 Å². The molecule has 0 fully saturated rings. The molecule has 0 heterocycles. The highest BCUT2D eigenvalue weighted by atomic mass is 32.2. The van der Waals surface area contributed by atoms with Crippen LogP contribution in [0.4, 0.5) is 5.69 Å². The van der Waals surface area contributed by atoms with Gasteiger partial charge in [0.1, 0.15) is 0 Å². The Morgan fingerprint density at radius 2 is 2.28 bits per heavy atom. The number of carboxylic acid groups (broad SMARTS) is 1. The molecule has 0 aliphatic heterocycles. The molecule has 1 unspecified atom stereocenters. The van der Waals surface area contributed by atoms with E-state index in [9.17, 15) is 9.90 Å². The maximum atomic E-state index is 11.3. The molecule has 0 aliphatic rings. The molecule has 4 nitrogen and oxygen atoms in total. The molecule has 0 radical (unpaired) electrons. The van der Waals surface area contributed by atoms with Gasteiger partial charge in [-0.2, -0.15) is 0 Å². The monoisotopic (exact) mass is 269 g/mol. The summed E-state index contributed by atoms with van der Waals surface area (Å²) in [5.41, 5.74) is 0.967. The summed E-state index contributed by atoms with van der Waals surface area (Å²) in [5, 5.41) is 12.4. The second-order valence-corrected chi connectivity index (χ2v) is 4.68. The van der Waals surface area contributed by atoms with Crippen LogP contribution in [-0.2, 0) is 4.74 Å². The van der Waals surface area contributed by atoms with Crippen molar-refractivity contribution in [1.29, 1.82) is 0 Å². The summed E-state index contributed by atoms with van der Waals surface area (Å²) in [6.07, 6.45) is 1.92. The molecule has 0 saturated heterocycles. The molecular formula is C13H19NO3S.